The van der Waals surface area contributed by atoms with E-state index >= 15 is 0 Å². The van der Waals surface area contributed by atoms with E-state index < -0.39 is 0 Å². The van der Waals surface area contributed by atoms with Crippen molar-refractivity contribution in [3.8, 4) is 0 Å². The number of benzene rings is 1. The van der Waals surface area contributed by atoms with E-state index in [-0.39, 0.29) is 23.5 Å². The largest absolute Gasteiger partial charge is 0.378 e. The number of nitrogens with zero attached hydrogens (tertiary/aromatic N) is 3. The Labute approximate surface area is 212 Å². The van der Waals surface area contributed by atoms with Crippen molar-refractivity contribution in [2.45, 2.75) is 70.7 Å². The van der Waals surface area contributed by atoms with Crippen molar-refractivity contribution >= 4 is 17.2 Å². The van der Waals surface area contributed by atoms with E-state index in [0.717, 1.165) is 38.2 Å². The number of rotatable bonds is 6. The summed E-state index contributed by atoms with van der Waals surface area (Å²) in [5.41, 5.74) is 6.91. The van der Waals surface area contributed by atoms with Crippen LogP contribution in [0.3, 0.4) is 0 Å². The van der Waals surface area contributed by atoms with Crippen LogP contribution < -0.4 is 5.32 Å². The minimum absolute atomic E-state index is 0.0318. The van der Waals surface area contributed by atoms with Gasteiger partial charge in [0.15, 0.2) is 0 Å². The number of likely N-dealkylation sites (tertiary alicyclic amines) is 1. The molecule has 0 unspecified atom stereocenters. The molecular weight excluding hydrogens is 456 g/mol. The third kappa shape index (κ3) is 4.13. The number of aromatic nitrogens is 2. The zero-order valence-corrected chi connectivity index (χ0v) is 22.2. The number of methoxy groups -OCH3 is 1. The fourth-order valence-electron chi connectivity index (χ4n) is 6.31. The highest BCUT2D eigenvalue weighted by Crippen LogP contribution is 2.52. The highest BCUT2D eigenvalue weighted by atomic mass is 32.1. The van der Waals surface area contributed by atoms with Gasteiger partial charge in [0, 0.05) is 41.7 Å². The molecule has 0 bridgehead atoms. The van der Waals surface area contributed by atoms with Crippen LogP contribution in [0.5, 0.6) is 0 Å². The molecule has 1 spiro atoms. The van der Waals surface area contributed by atoms with Gasteiger partial charge in [-0.05, 0) is 76.2 Å². The fraction of sp³-hybridized carbons (Fsp3) is 0.500. The van der Waals surface area contributed by atoms with Crippen molar-refractivity contribution in [2.24, 2.45) is 0 Å². The second kappa shape index (κ2) is 9.52. The van der Waals surface area contributed by atoms with E-state index in [1.54, 1.807) is 18.4 Å². The maximum Gasteiger partial charge on any atom is 0.252 e. The van der Waals surface area contributed by atoms with E-state index in [1.165, 1.54) is 22.4 Å². The molecule has 3 heterocycles. The van der Waals surface area contributed by atoms with Gasteiger partial charge in [0.05, 0.1) is 23.4 Å². The molecule has 1 N–H and O–H groups in total. The zero-order valence-electron chi connectivity index (χ0n) is 21.4. The molecule has 2 aliphatic rings. The summed E-state index contributed by atoms with van der Waals surface area (Å²) in [4.78, 5) is 15.6. The standard InChI is InChI=1S/C28H36N4O2S/c1-18(2)32-20(4)23(19(3)30-32)16-31-13-11-28(12-14-31)24-9-7-6-8-22(24)25(26(28)34-5)29-27(33)21-10-15-35-17-21/h6-10,15,17-18,25-26H,11-14,16H2,1-5H3,(H,29,33)/t25-,26+/m1/s1. The molecule has 3 aromatic rings. The second-order valence-electron chi connectivity index (χ2n) is 10.3. The smallest absolute Gasteiger partial charge is 0.252 e. The molecule has 7 heteroatoms. The molecule has 6 nitrogen and oxygen atoms in total. The van der Waals surface area contributed by atoms with Crippen molar-refractivity contribution in [1.29, 1.82) is 0 Å². The number of amides is 1. The Morgan fingerprint density at radius 3 is 2.60 bits per heavy atom. The van der Waals surface area contributed by atoms with Crippen LogP contribution in [0.1, 0.15) is 77.2 Å². The Kier molecular flexibility index (Phi) is 6.59. The average Bonchev–Trinajstić information content (AvgIpc) is 3.55. The SMILES string of the molecule is CO[C@H]1[C@H](NC(=O)c2ccsc2)c2ccccc2C12CCN(Cc1c(C)nn(C(C)C)c1C)CC2. The molecule has 0 saturated carbocycles. The summed E-state index contributed by atoms with van der Waals surface area (Å²) >= 11 is 1.54. The maximum absolute atomic E-state index is 13.0. The lowest BCUT2D eigenvalue weighted by Crippen LogP contribution is -2.50. The Balaban J connectivity index is 1.37. The van der Waals surface area contributed by atoms with Gasteiger partial charge >= 0.3 is 0 Å². The lowest BCUT2D eigenvalue weighted by atomic mass is 9.71. The number of hydrogen-bond acceptors (Lipinski definition) is 5. The summed E-state index contributed by atoms with van der Waals surface area (Å²) in [6.07, 6.45) is 1.92. The van der Waals surface area contributed by atoms with E-state index in [4.69, 9.17) is 9.84 Å². The van der Waals surface area contributed by atoms with Crippen LogP contribution in [0.2, 0.25) is 0 Å². The third-order valence-corrected chi connectivity index (χ3v) is 8.78. The van der Waals surface area contributed by atoms with E-state index in [2.05, 4.69) is 66.9 Å². The summed E-state index contributed by atoms with van der Waals surface area (Å²) in [6.45, 7) is 11.6. The molecule has 1 aromatic carbocycles. The van der Waals surface area contributed by atoms with Crippen LogP contribution in [0.25, 0.3) is 0 Å². The Morgan fingerprint density at radius 1 is 1.23 bits per heavy atom. The molecule has 0 radical (unpaired) electrons. The lowest BCUT2D eigenvalue weighted by molar-refractivity contribution is -0.0122. The third-order valence-electron chi connectivity index (χ3n) is 8.10. The van der Waals surface area contributed by atoms with Gasteiger partial charge in [0.25, 0.3) is 5.91 Å². The van der Waals surface area contributed by atoms with E-state index in [0.29, 0.717) is 11.6 Å². The van der Waals surface area contributed by atoms with Crippen LogP contribution >= 0.6 is 11.3 Å². The molecule has 2 atom stereocenters. The van der Waals surface area contributed by atoms with Crippen LogP contribution in [0.4, 0.5) is 0 Å². The topological polar surface area (TPSA) is 59.4 Å². The van der Waals surface area contributed by atoms with Gasteiger partial charge in [-0.25, -0.2) is 0 Å². The number of piperidine rings is 1. The molecule has 5 rings (SSSR count). The number of fused-ring (bicyclic) bond motifs is 2. The van der Waals surface area contributed by atoms with Crippen molar-refractivity contribution in [1.82, 2.24) is 20.0 Å². The summed E-state index contributed by atoms with van der Waals surface area (Å²) in [5.74, 6) is -0.0318. The average molecular weight is 493 g/mol. The first-order valence-corrected chi connectivity index (χ1v) is 13.5. The highest BCUT2D eigenvalue weighted by molar-refractivity contribution is 7.08. The molecule has 186 valence electrons. The van der Waals surface area contributed by atoms with Crippen molar-refractivity contribution in [2.75, 3.05) is 20.2 Å². The minimum Gasteiger partial charge on any atom is -0.378 e. The second-order valence-corrected chi connectivity index (χ2v) is 11.1. The van der Waals surface area contributed by atoms with Crippen molar-refractivity contribution < 1.29 is 9.53 Å². The van der Waals surface area contributed by atoms with Crippen LogP contribution in [-0.2, 0) is 16.7 Å². The zero-order chi connectivity index (χ0) is 24.7. The van der Waals surface area contributed by atoms with Gasteiger partial charge in [-0.15, -0.1) is 0 Å². The van der Waals surface area contributed by atoms with E-state index in [9.17, 15) is 4.79 Å². The van der Waals surface area contributed by atoms with Gasteiger partial charge in [0.2, 0.25) is 0 Å². The number of carbonyl (C=O) groups excluding carboxylic acids is 1. The highest BCUT2D eigenvalue weighted by Gasteiger charge is 2.54. The summed E-state index contributed by atoms with van der Waals surface area (Å²) in [7, 11) is 1.79. The number of nitrogens with one attached hydrogen (secondary N) is 1. The Bertz CT molecular complexity index is 1190. The Hall–Kier alpha value is -2.48. The van der Waals surface area contributed by atoms with Crippen LogP contribution in [0, 0.1) is 13.8 Å². The molecule has 1 saturated heterocycles. The van der Waals surface area contributed by atoms with Gasteiger partial charge in [0.1, 0.15) is 0 Å². The number of aryl methyl sites for hydroxylation is 1. The maximum atomic E-state index is 13.0. The van der Waals surface area contributed by atoms with E-state index in [1.807, 2.05) is 16.8 Å². The Morgan fingerprint density at radius 2 is 1.97 bits per heavy atom. The molecule has 1 fully saturated rings. The normalized spacial score (nSPS) is 21.5. The molecule has 35 heavy (non-hydrogen) atoms. The first-order chi connectivity index (χ1) is 16.9. The summed E-state index contributed by atoms with van der Waals surface area (Å²) < 4.78 is 8.34. The summed E-state index contributed by atoms with van der Waals surface area (Å²) in [6, 6.07) is 10.7. The predicted molar refractivity (Wildman–Crippen MR) is 140 cm³/mol. The first kappa shape index (κ1) is 24.2. The molecule has 1 aliphatic heterocycles. The monoisotopic (exact) mass is 492 g/mol. The molecule has 2 aromatic heterocycles. The molecular formula is C28H36N4O2S. The number of carbonyl (C=O) groups is 1. The van der Waals surface area contributed by atoms with Gasteiger partial charge < -0.3 is 10.1 Å². The number of thiophene rings is 1. The predicted octanol–water partition coefficient (Wildman–Crippen LogP) is 5.18. The summed E-state index contributed by atoms with van der Waals surface area (Å²) in [5, 5.41) is 11.9. The quantitative estimate of drug-likeness (QED) is 0.515. The van der Waals surface area contributed by atoms with Crippen LogP contribution in [0.15, 0.2) is 41.1 Å². The van der Waals surface area contributed by atoms with Gasteiger partial charge in [-0.1, -0.05) is 24.3 Å². The van der Waals surface area contributed by atoms with Gasteiger partial charge in [-0.3, -0.25) is 14.4 Å². The van der Waals surface area contributed by atoms with Gasteiger partial charge in [-0.2, -0.15) is 16.4 Å². The minimum atomic E-state index is -0.149. The van der Waals surface area contributed by atoms with Crippen molar-refractivity contribution in [3.63, 3.8) is 0 Å². The molecule has 1 amide bonds. The number of ether oxygens (including phenoxy) is 1. The molecule has 1 aliphatic carbocycles. The fourth-order valence-corrected chi connectivity index (χ4v) is 6.94. The lowest BCUT2D eigenvalue weighted by Gasteiger charge is -2.44. The first-order valence-electron chi connectivity index (χ1n) is 12.6. The van der Waals surface area contributed by atoms with Crippen LogP contribution in [-0.4, -0.2) is 46.9 Å². The van der Waals surface area contributed by atoms with Crippen molar-refractivity contribution in [3.05, 3.63) is 74.7 Å². The number of hydrogen-bond donors (Lipinski definition) is 1.